The van der Waals surface area contributed by atoms with E-state index < -0.39 is 0 Å². The molecule has 0 radical (unpaired) electrons. The van der Waals surface area contributed by atoms with Gasteiger partial charge in [-0.25, -0.2) is 8.78 Å². The van der Waals surface area contributed by atoms with E-state index in [1.54, 1.807) is 24.3 Å². The summed E-state index contributed by atoms with van der Waals surface area (Å²) in [6.45, 7) is 0.185. The second-order valence-electron chi connectivity index (χ2n) is 5.64. The Morgan fingerprint density at radius 3 is 2.32 bits per heavy atom. The fraction of sp³-hybridized carbons (Fsp3) is 0.222. The second-order valence-corrected chi connectivity index (χ2v) is 6.71. The Morgan fingerprint density at radius 1 is 1.08 bits per heavy atom. The van der Waals surface area contributed by atoms with Gasteiger partial charge in [-0.05, 0) is 35.4 Å². The quantitative estimate of drug-likeness (QED) is 0.890. The van der Waals surface area contributed by atoms with Crippen LogP contribution in [-0.2, 0) is 16.1 Å². The molecule has 2 aromatic carbocycles. The maximum Gasteiger partial charge on any atom is 0.239 e. The standard InChI is InChI=1S/C18H16F2N2O2S/c19-14-5-1-12(2-6-14)9-21-16(23)10-22-17(24)11-25-18(22)13-3-7-15(20)8-4-13/h1-8,18H,9-11H2,(H,21,23)/t18-/m0/s1. The van der Waals surface area contributed by atoms with E-state index in [9.17, 15) is 18.4 Å². The number of nitrogens with zero attached hydrogens (tertiary/aromatic N) is 1. The molecule has 1 fully saturated rings. The van der Waals surface area contributed by atoms with Gasteiger partial charge in [0.2, 0.25) is 11.8 Å². The van der Waals surface area contributed by atoms with Crippen molar-refractivity contribution in [2.75, 3.05) is 12.3 Å². The van der Waals surface area contributed by atoms with Crippen LogP contribution in [0.25, 0.3) is 0 Å². The van der Waals surface area contributed by atoms with Gasteiger partial charge in [0.1, 0.15) is 23.6 Å². The molecule has 25 heavy (non-hydrogen) atoms. The highest BCUT2D eigenvalue weighted by atomic mass is 32.2. The molecule has 130 valence electrons. The van der Waals surface area contributed by atoms with E-state index in [4.69, 9.17) is 0 Å². The van der Waals surface area contributed by atoms with E-state index in [0.717, 1.165) is 11.1 Å². The molecule has 7 heteroatoms. The van der Waals surface area contributed by atoms with Crippen molar-refractivity contribution in [3.05, 3.63) is 71.3 Å². The number of thioether (sulfide) groups is 1. The van der Waals surface area contributed by atoms with Crippen LogP contribution in [0.2, 0.25) is 0 Å². The van der Waals surface area contributed by atoms with Crippen molar-refractivity contribution in [1.82, 2.24) is 10.2 Å². The van der Waals surface area contributed by atoms with Crippen LogP contribution in [-0.4, -0.2) is 29.0 Å². The van der Waals surface area contributed by atoms with Gasteiger partial charge in [-0.2, -0.15) is 0 Å². The average Bonchev–Trinajstić information content (AvgIpc) is 2.96. The van der Waals surface area contributed by atoms with Crippen LogP contribution in [0.1, 0.15) is 16.5 Å². The fourth-order valence-corrected chi connectivity index (χ4v) is 3.73. The topological polar surface area (TPSA) is 49.4 Å². The number of nitrogens with one attached hydrogen (secondary N) is 1. The Labute approximate surface area is 148 Å². The van der Waals surface area contributed by atoms with Gasteiger partial charge in [0.05, 0.1) is 5.75 Å². The zero-order chi connectivity index (χ0) is 17.8. The van der Waals surface area contributed by atoms with Crippen molar-refractivity contribution >= 4 is 23.6 Å². The van der Waals surface area contributed by atoms with Crippen LogP contribution >= 0.6 is 11.8 Å². The molecule has 3 rings (SSSR count). The maximum atomic E-state index is 13.1. The molecule has 0 spiro atoms. The Hall–Kier alpha value is -2.41. The summed E-state index contributed by atoms with van der Waals surface area (Å²) in [5.74, 6) is -0.824. The van der Waals surface area contributed by atoms with Crippen LogP contribution in [0.15, 0.2) is 48.5 Å². The third kappa shape index (κ3) is 4.36. The number of carbonyl (C=O) groups is 2. The zero-order valence-corrected chi connectivity index (χ0v) is 14.1. The Bertz CT molecular complexity index is 766. The van der Waals surface area contributed by atoms with Crippen molar-refractivity contribution < 1.29 is 18.4 Å². The molecule has 2 amide bonds. The molecule has 1 heterocycles. The van der Waals surface area contributed by atoms with Crippen LogP contribution in [0.5, 0.6) is 0 Å². The predicted molar refractivity (Wildman–Crippen MR) is 91.6 cm³/mol. The van der Waals surface area contributed by atoms with Crippen LogP contribution in [0.4, 0.5) is 8.78 Å². The van der Waals surface area contributed by atoms with E-state index in [2.05, 4.69) is 5.32 Å². The second kappa shape index (κ2) is 7.65. The van der Waals surface area contributed by atoms with Crippen LogP contribution < -0.4 is 5.32 Å². The third-order valence-electron chi connectivity index (χ3n) is 3.84. The molecule has 1 aliphatic heterocycles. The monoisotopic (exact) mass is 362 g/mol. The molecule has 1 saturated heterocycles. The van der Waals surface area contributed by atoms with Crippen LogP contribution in [0, 0.1) is 11.6 Å². The zero-order valence-electron chi connectivity index (χ0n) is 13.2. The van der Waals surface area contributed by atoms with E-state index >= 15 is 0 Å². The van der Waals surface area contributed by atoms with E-state index in [0.29, 0.717) is 0 Å². The smallest absolute Gasteiger partial charge is 0.239 e. The van der Waals surface area contributed by atoms with Gasteiger partial charge in [-0.3, -0.25) is 9.59 Å². The van der Waals surface area contributed by atoms with Gasteiger partial charge in [0, 0.05) is 6.54 Å². The molecule has 1 N–H and O–H groups in total. The molecule has 0 bridgehead atoms. The summed E-state index contributed by atoms with van der Waals surface area (Å²) in [7, 11) is 0. The first-order valence-electron chi connectivity index (χ1n) is 7.70. The largest absolute Gasteiger partial charge is 0.350 e. The Kier molecular flexibility index (Phi) is 5.33. The van der Waals surface area contributed by atoms with Crippen molar-refractivity contribution in [1.29, 1.82) is 0 Å². The highest BCUT2D eigenvalue weighted by molar-refractivity contribution is 8.00. The van der Waals surface area contributed by atoms with E-state index in [1.807, 2.05) is 0 Å². The lowest BCUT2D eigenvalue weighted by Gasteiger charge is -2.23. The minimum atomic E-state index is -0.346. The van der Waals surface area contributed by atoms with Crippen LogP contribution in [0.3, 0.4) is 0 Å². The SMILES string of the molecule is O=C(CN1C(=O)CS[C@H]1c1ccc(F)cc1)NCc1ccc(F)cc1. The summed E-state index contributed by atoms with van der Waals surface area (Å²) in [5, 5.41) is 2.42. The summed E-state index contributed by atoms with van der Waals surface area (Å²) in [6.07, 6.45) is 0. The lowest BCUT2D eigenvalue weighted by Crippen LogP contribution is -2.39. The van der Waals surface area contributed by atoms with E-state index in [-0.39, 0.29) is 47.7 Å². The van der Waals surface area contributed by atoms with Crippen molar-refractivity contribution in [3.63, 3.8) is 0 Å². The minimum Gasteiger partial charge on any atom is -0.350 e. The number of halogens is 2. The first kappa shape index (κ1) is 17.4. The maximum absolute atomic E-state index is 13.1. The number of rotatable bonds is 5. The third-order valence-corrected chi connectivity index (χ3v) is 5.10. The summed E-state index contributed by atoms with van der Waals surface area (Å²) < 4.78 is 25.9. The first-order chi connectivity index (χ1) is 12.0. The summed E-state index contributed by atoms with van der Waals surface area (Å²) >= 11 is 1.41. The lowest BCUT2D eigenvalue weighted by molar-refractivity contribution is -0.133. The number of amides is 2. The van der Waals surface area contributed by atoms with Crippen molar-refractivity contribution in [2.45, 2.75) is 11.9 Å². The molecule has 0 unspecified atom stereocenters. The van der Waals surface area contributed by atoms with Gasteiger partial charge in [0.25, 0.3) is 0 Å². The molecule has 1 atom stereocenters. The van der Waals surface area contributed by atoms with Gasteiger partial charge in [0.15, 0.2) is 0 Å². The summed E-state index contributed by atoms with van der Waals surface area (Å²) in [6, 6.07) is 11.8. The predicted octanol–water partition coefficient (Wildman–Crippen LogP) is 2.86. The number of benzene rings is 2. The number of carbonyl (C=O) groups excluding carboxylic acids is 2. The molecule has 0 aliphatic carbocycles. The minimum absolute atomic E-state index is 0.0743. The first-order valence-corrected chi connectivity index (χ1v) is 8.75. The molecule has 0 saturated carbocycles. The lowest BCUT2D eigenvalue weighted by atomic mass is 10.2. The molecular weight excluding hydrogens is 346 g/mol. The van der Waals surface area contributed by atoms with Gasteiger partial charge < -0.3 is 10.2 Å². The van der Waals surface area contributed by atoms with Crippen molar-refractivity contribution in [2.24, 2.45) is 0 Å². The molecule has 0 aromatic heterocycles. The summed E-state index contributed by atoms with van der Waals surface area (Å²) in [5.41, 5.74) is 1.55. The summed E-state index contributed by atoms with van der Waals surface area (Å²) in [4.78, 5) is 25.7. The highest BCUT2D eigenvalue weighted by Crippen LogP contribution is 2.38. The molecule has 2 aromatic rings. The molecular formula is C18H16F2N2O2S. The van der Waals surface area contributed by atoms with Gasteiger partial charge in [-0.1, -0.05) is 24.3 Å². The highest BCUT2D eigenvalue weighted by Gasteiger charge is 2.34. The van der Waals surface area contributed by atoms with Crippen molar-refractivity contribution in [3.8, 4) is 0 Å². The Morgan fingerprint density at radius 2 is 1.68 bits per heavy atom. The normalized spacial score (nSPS) is 17.0. The van der Waals surface area contributed by atoms with Gasteiger partial charge >= 0.3 is 0 Å². The number of hydrogen-bond acceptors (Lipinski definition) is 3. The average molecular weight is 362 g/mol. The number of hydrogen-bond donors (Lipinski definition) is 1. The van der Waals surface area contributed by atoms with Gasteiger partial charge in [-0.15, -0.1) is 11.8 Å². The van der Waals surface area contributed by atoms with E-state index in [1.165, 1.54) is 40.9 Å². The molecule has 4 nitrogen and oxygen atoms in total. The molecule has 1 aliphatic rings. The fourth-order valence-electron chi connectivity index (χ4n) is 2.54. The Balaban J connectivity index is 1.61.